The average Bonchev–Trinajstić information content (AvgIpc) is 2.47. The van der Waals surface area contributed by atoms with Gasteiger partial charge in [-0.15, -0.1) is 0 Å². The molecule has 0 atom stereocenters. The predicted molar refractivity (Wildman–Crippen MR) is 90.9 cm³/mol. The Morgan fingerprint density at radius 2 is 1.32 bits per heavy atom. The van der Waals surface area contributed by atoms with Gasteiger partial charge in [0.15, 0.2) is 0 Å². The quantitative estimate of drug-likeness (QED) is 0.816. The van der Waals surface area contributed by atoms with Crippen molar-refractivity contribution in [1.29, 1.82) is 0 Å². The Bertz CT molecular complexity index is 548. The van der Waals surface area contributed by atoms with Gasteiger partial charge in [0.05, 0.1) is 17.7 Å². The van der Waals surface area contributed by atoms with Gasteiger partial charge < -0.3 is 4.74 Å². The molecule has 0 aromatic heterocycles. The molecule has 3 rings (SSSR count). The molecule has 0 unspecified atom stereocenters. The highest BCUT2D eigenvalue weighted by atomic mass is 16.5. The molecule has 0 N–H and O–H groups in total. The van der Waals surface area contributed by atoms with Crippen LogP contribution in [0.25, 0.3) is 0 Å². The second kappa shape index (κ2) is 6.23. The second-order valence-corrected chi connectivity index (χ2v) is 6.75. The molecule has 0 bridgehead atoms. The van der Waals surface area contributed by atoms with Gasteiger partial charge in [-0.05, 0) is 31.9 Å². The molecule has 2 heteroatoms. The third kappa shape index (κ3) is 3.23. The maximum absolute atomic E-state index is 6.08. The van der Waals surface area contributed by atoms with E-state index in [-0.39, 0.29) is 11.7 Å². The summed E-state index contributed by atoms with van der Waals surface area (Å²) in [6, 6.07) is 21.8. The van der Waals surface area contributed by atoms with Crippen molar-refractivity contribution in [2.24, 2.45) is 0 Å². The first kappa shape index (κ1) is 15.3. The minimum absolute atomic E-state index is 0.0179. The molecule has 2 aromatic rings. The number of rotatable bonds is 5. The summed E-state index contributed by atoms with van der Waals surface area (Å²) in [4.78, 5) is 2.51. The van der Waals surface area contributed by atoms with Crippen LogP contribution in [0, 0.1) is 0 Å². The molecular weight excluding hydrogens is 270 g/mol. The monoisotopic (exact) mass is 295 g/mol. The van der Waals surface area contributed by atoms with E-state index in [4.69, 9.17) is 4.74 Å². The molecular formula is C20H25NO. The molecule has 0 saturated carbocycles. The Morgan fingerprint density at radius 1 is 0.864 bits per heavy atom. The summed E-state index contributed by atoms with van der Waals surface area (Å²) in [5.41, 5.74) is 2.68. The second-order valence-electron chi connectivity index (χ2n) is 6.75. The lowest BCUT2D eigenvalue weighted by atomic mass is 9.88. The fourth-order valence-corrected chi connectivity index (χ4v) is 3.52. The SMILES string of the molecule is CC(C)OC1(C)CN(C(c2ccccc2)c2ccccc2)C1. The van der Waals surface area contributed by atoms with Gasteiger partial charge in [0.25, 0.3) is 0 Å². The van der Waals surface area contributed by atoms with Crippen molar-refractivity contribution in [3.63, 3.8) is 0 Å². The van der Waals surface area contributed by atoms with Crippen LogP contribution in [0.5, 0.6) is 0 Å². The van der Waals surface area contributed by atoms with Gasteiger partial charge in [-0.2, -0.15) is 0 Å². The van der Waals surface area contributed by atoms with Crippen LogP contribution in [0.15, 0.2) is 60.7 Å². The number of benzene rings is 2. The lowest BCUT2D eigenvalue weighted by Crippen LogP contribution is -2.62. The van der Waals surface area contributed by atoms with Crippen LogP contribution in [-0.4, -0.2) is 29.7 Å². The van der Waals surface area contributed by atoms with Gasteiger partial charge in [0.2, 0.25) is 0 Å². The summed E-state index contributed by atoms with van der Waals surface area (Å²) < 4.78 is 6.08. The van der Waals surface area contributed by atoms with Crippen LogP contribution in [-0.2, 0) is 4.74 Å². The van der Waals surface area contributed by atoms with Crippen molar-refractivity contribution >= 4 is 0 Å². The van der Waals surface area contributed by atoms with Gasteiger partial charge in [0, 0.05) is 13.1 Å². The summed E-state index contributed by atoms with van der Waals surface area (Å²) in [7, 11) is 0. The summed E-state index contributed by atoms with van der Waals surface area (Å²) >= 11 is 0. The van der Waals surface area contributed by atoms with Crippen LogP contribution in [0.4, 0.5) is 0 Å². The summed E-state index contributed by atoms with van der Waals surface area (Å²) in [6.45, 7) is 8.38. The summed E-state index contributed by atoms with van der Waals surface area (Å²) in [5.74, 6) is 0. The maximum Gasteiger partial charge on any atom is 0.0911 e. The van der Waals surface area contributed by atoms with E-state index in [1.807, 2.05) is 0 Å². The van der Waals surface area contributed by atoms with Gasteiger partial charge in [-0.1, -0.05) is 60.7 Å². The van der Waals surface area contributed by atoms with E-state index in [9.17, 15) is 0 Å². The molecule has 1 fully saturated rings. The Balaban J connectivity index is 1.83. The molecule has 1 aliphatic rings. The number of hydrogen-bond acceptors (Lipinski definition) is 2. The number of ether oxygens (including phenoxy) is 1. The van der Waals surface area contributed by atoms with E-state index in [1.165, 1.54) is 11.1 Å². The molecule has 2 nitrogen and oxygen atoms in total. The van der Waals surface area contributed by atoms with Crippen molar-refractivity contribution in [3.05, 3.63) is 71.8 Å². The highest BCUT2D eigenvalue weighted by molar-refractivity contribution is 5.32. The average molecular weight is 295 g/mol. The minimum Gasteiger partial charge on any atom is -0.370 e. The zero-order valence-electron chi connectivity index (χ0n) is 13.7. The van der Waals surface area contributed by atoms with Crippen LogP contribution in [0.1, 0.15) is 37.9 Å². The van der Waals surface area contributed by atoms with Gasteiger partial charge in [-0.3, -0.25) is 4.90 Å². The Hall–Kier alpha value is -1.64. The molecule has 22 heavy (non-hydrogen) atoms. The van der Waals surface area contributed by atoms with E-state index in [2.05, 4.69) is 86.3 Å². The van der Waals surface area contributed by atoms with Crippen LogP contribution in [0.2, 0.25) is 0 Å². The third-order valence-corrected chi connectivity index (χ3v) is 4.19. The van der Waals surface area contributed by atoms with Crippen molar-refractivity contribution in [2.45, 2.75) is 38.5 Å². The lowest BCUT2D eigenvalue weighted by Gasteiger charge is -2.52. The van der Waals surface area contributed by atoms with Gasteiger partial charge in [-0.25, -0.2) is 0 Å². The zero-order chi connectivity index (χ0) is 15.6. The largest absolute Gasteiger partial charge is 0.370 e. The van der Waals surface area contributed by atoms with E-state index in [0.717, 1.165) is 13.1 Å². The number of likely N-dealkylation sites (tertiary alicyclic amines) is 1. The van der Waals surface area contributed by atoms with Crippen molar-refractivity contribution in [1.82, 2.24) is 4.90 Å². The first-order chi connectivity index (χ1) is 10.6. The third-order valence-electron chi connectivity index (χ3n) is 4.19. The molecule has 1 saturated heterocycles. The standard InChI is InChI=1S/C20H25NO/c1-16(2)22-20(3)14-21(15-20)19(17-10-6-4-7-11-17)18-12-8-5-9-13-18/h4-13,16,19H,14-15H2,1-3H3. The number of hydrogen-bond donors (Lipinski definition) is 0. The molecule has 116 valence electrons. The van der Waals surface area contributed by atoms with E-state index < -0.39 is 0 Å². The van der Waals surface area contributed by atoms with E-state index in [1.54, 1.807) is 0 Å². The Kier molecular flexibility index (Phi) is 4.32. The topological polar surface area (TPSA) is 12.5 Å². The van der Waals surface area contributed by atoms with Crippen molar-refractivity contribution in [2.75, 3.05) is 13.1 Å². The van der Waals surface area contributed by atoms with Crippen LogP contribution in [0.3, 0.4) is 0 Å². The molecule has 2 aromatic carbocycles. The maximum atomic E-state index is 6.08. The smallest absolute Gasteiger partial charge is 0.0911 e. The normalized spacial score (nSPS) is 17.7. The zero-order valence-corrected chi connectivity index (χ0v) is 13.7. The van der Waals surface area contributed by atoms with E-state index in [0.29, 0.717) is 6.04 Å². The van der Waals surface area contributed by atoms with Crippen LogP contribution >= 0.6 is 0 Å². The highest BCUT2D eigenvalue weighted by Crippen LogP contribution is 2.37. The lowest BCUT2D eigenvalue weighted by molar-refractivity contribution is -0.162. The highest BCUT2D eigenvalue weighted by Gasteiger charge is 2.44. The Morgan fingerprint density at radius 3 is 1.73 bits per heavy atom. The predicted octanol–water partition coefficient (Wildman–Crippen LogP) is 4.28. The van der Waals surface area contributed by atoms with Gasteiger partial charge >= 0.3 is 0 Å². The molecule has 1 heterocycles. The number of nitrogens with zero attached hydrogens (tertiary/aromatic N) is 1. The van der Waals surface area contributed by atoms with E-state index >= 15 is 0 Å². The molecule has 0 spiro atoms. The summed E-state index contributed by atoms with van der Waals surface area (Å²) in [5, 5.41) is 0. The van der Waals surface area contributed by atoms with Crippen molar-refractivity contribution < 1.29 is 4.74 Å². The first-order valence-electron chi connectivity index (χ1n) is 8.09. The fraction of sp³-hybridized carbons (Fsp3) is 0.400. The first-order valence-corrected chi connectivity index (χ1v) is 8.09. The molecule has 1 aliphatic heterocycles. The fourth-order valence-electron chi connectivity index (χ4n) is 3.52. The van der Waals surface area contributed by atoms with Crippen molar-refractivity contribution in [3.8, 4) is 0 Å². The summed E-state index contributed by atoms with van der Waals surface area (Å²) in [6.07, 6.45) is 0.277. The van der Waals surface area contributed by atoms with Crippen LogP contribution < -0.4 is 0 Å². The Labute approximate surface area is 133 Å². The van der Waals surface area contributed by atoms with Gasteiger partial charge in [0.1, 0.15) is 0 Å². The minimum atomic E-state index is -0.0179. The molecule has 0 amide bonds. The molecule has 0 radical (unpaired) electrons. The molecule has 0 aliphatic carbocycles.